The summed E-state index contributed by atoms with van der Waals surface area (Å²) in [6.07, 6.45) is 2.23. The van der Waals surface area contributed by atoms with Crippen LogP contribution < -0.4 is 14.6 Å². The molecule has 0 saturated carbocycles. The highest BCUT2D eigenvalue weighted by Gasteiger charge is 2.11. The van der Waals surface area contributed by atoms with E-state index < -0.39 is 5.97 Å². The molecule has 23 heavy (non-hydrogen) atoms. The molecular weight excluding hydrogens is 323 g/mol. The van der Waals surface area contributed by atoms with Crippen LogP contribution in [0.5, 0.6) is 11.5 Å². The van der Waals surface area contributed by atoms with Crippen molar-refractivity contribution in [2.75, 3.05) is 7.11 Å². The number of carbonyl (C=O) groups is 1. The molecule has 0 aromatic heterocycles. The zero-order valence-electron chi connectivity index (χ0n) is 12.2. The number of hydrogen-bond acceptors (Lipinski definition) is 4. The molecule has 0 amide bonds. The second-order valence-electron chi connectivity index (χ2n) is 4.60. The van der Waals surface area contributed by atoms with Crippen molar-refractivity contribution in [3.8, 4) is 11.5 Å². The molecule has 0 saturated heterocycles. The Morgan fingerprint density at radius 2 is 2.00 bits per heavy atom. The molecule has 6 heteroatoms. The molecule has 2 aromatic rings. The third kappa shape index (κ3) is 4.72. The first-order chi connectivity index (χ1) is 11.0. The van der Waals surface area contributed by atoms with Gasteiger partial charge in [-0.15, -0.1) is 0 Å². The molecule has 2 aromatic carbocycles. The minimum absolute atomic E-state index is 0.185. The number of methoxy groups -OCH3 is 1. The lowest BCUT2D eigenvalue weighted by Gasteiger charge is -2.13. The monoisotopic (exact) mass is 335 g/mol. The summed E-state index contributed by atoms with van der Waals surface area (Å²) in [5, 5.41) is 10.7. The molecular formula is C17H13ClFO4-. The Morgan fingerprint density at radius 3 is 2.61 bits per heavy atom. The van der Waals surface area contributed by atoms with Crippen LogP contribution in [-0.2, 0) is 11.4 Å². The van der Waals surface area contributed by atoms with E-state index in [4.69, 9.17) is 21.1 Å². The van der Waals surface area contributed by atoms with Crippen LogP contribution in [0, 0.1) is 5.82 Å². The predicted molar refractivity (Wildman–Crippen MR) is 82.8 cm³/mol. The van der Waals surface area contributed by atoms with Crippen molar-refractivity contribution in [3.63, 3.8) is 0 Å². The van der Waals surface area contributed by atoms with Gasteiger partial charge >= 0.3 is 0 Å². The highest BCUT2D eigenvalue weighted by molar-refractivity contribution is 6.32. The summed E-state index contributed by atoms with van der Waals surface area (Å²) in [5.74, 6) is -0.952. The molecule has 0 heterocycles. The highest BCUT2D eigenvalue weighted by Crippen LogP contribution is 2.37. The van der Waals surface area contributed by atoms with Gasteiger partial charge in [-0.05, 0) is 41.5 Å². The van der Waals surface area contributed by atoms with E-state index in [9.17, 15) is 14.3 Å². The van der Waals surface area contributed by atoms with Gasteiger partial charge in [0.05, 0.1) is 18.1 Å². The molecule has 0 bridgehead atoms. The Hall–Kier alpha value is -2.53. The largest absolute Gasteiger partial charge is 0.545 e. The highest BCUT2D eigenvalue weighted by atomic mass is 35.5. The Labute approximate surface area is 137 Å². The lowest BCUT2D eigenvalue weighted by Crippen LogP contribution is -2.18. The van der Waals surface area contributed by atoms with Crippen LogP contribution in [0.4, 0.5) is 4.39 Å². The summed E-state index contributed by atoms with van der Waals surface area (Å²) >= 11 is 6.16. The Morgan fingerprint density at radius 1 is 1.30 bits per heavy atom. The molecule has 0 unspecified atom stereocenters. The topological polar surface area (TPSA) is 58.6 Å². The summed E-state index contributed by atoms with van der Waals surface area (Å²) in [6, 6.07) is 9.02. The van der Waals surface area contributed by atoms with Crippen LogP contribution in [0.25, 0.3) is 6.08 Å². The molecule has 0 N–H and O–H groups in total. The molecule has 4 nitrogen and oxygen atoms in total. The van der Waals surface area contributed by atoms with Gasteiger partial charge in [0.25, 0.3) is 0 Å². The quantitative estimate of drug-likeness (QED) is 0.762. The lowest BCUT2D eigenvalue weighted by molar-refractivity contribution is -0.297. The summed E-state index contributed by atoms with van der Waals surface area (Å²) in [5.41, 5.74) is 1.30. The maximum Gasteiger partial charge on any atom is 0.180 e. The molecule has 0 atom stereocenters. The van der Waals surface area contributed by atoms with E-state index in [2.05, 4.69) is 0 Å². The van der Waals surface area contributed by atoms with E-state index in [1.807, 2.05) is 0 Å². The fourth-order valence-electron chi connectivity index (χ4n) is 1.88. The smallest absolute Gasteiger partial charge is 0.180 e. The number of halogens is 2. The number of ether oxygens (including phenoxy) is 2. The molecule has 0 aliphatic rings. The van der Waals surface area contributed by atoms with Crippen LogP contribution >= 0.6 is 11.6 Å². The van der Waals surface area contributed by atoms with E-state index >= 15 is 0 Å². The molecule has 0 fully saturated rings. The number of benzene rings is 2. The maximum absolute atomic E-state index is 12.9. The fourth-order valence-corrected chi connectivity index (χ4v) is 2.15. The van der Waals surface area contributed by atoms with Gasteiger partial charge in [-0.1, -0.05) is 29.8 Å². The maximum atomic E-state index is 12.9. The summed E-state index contributed by atoms with van der Waals surface area (Å²) in [4.78, 5) is 10.4. The van der Waals surface area contributed by atoms with Crippen LogP contribution in [0.15, 0.2) is 42.5 Å². The average Bonchev–Trinajstić information content (AvgIpc) is 2.53. The van der Waals surface area contributed by atoms with Gasteiger partial charge in [0.1, 0.15) is 12.4 Å². The van der Waals surface area contributed by atoms with E-state index in [0.717, 1.165) is 11.6 Å². The second kappa shape index (κ2) is 7.65. The van der Waals surface area contributed by atoms with Crippen LogP contribution in [0.1, 0.15) is 11.1 Å². The van der Waals surface area contributed by atoms with Crippen molar-refractivity contribution in [1.82, 2.24) is 0 Å². The summed E-state index contributed by atoms with van der Waals surface area (Å²) in [6.45, 7) is 0.185. The normalized spacial score (nSPS) is 10.7. The van der Waals surface area contributed by atoms with Crippen molar-refractivity contribution in [3.05, 3.63) is 64.4 Å². The van der Waals surface area contributed by atoms with Crippen LogP contribution in [0.3, 0.4) is 0 Å². The third-order valence-electron chi connectivity index (χ3n) is 2.96. The molecule has 0 aliphatic carbocycles. The van der Waals surface area contributed by atoms with Crippen molar-refractivity contribution < 1.29 is 23.8 Å². The second-order valence-corrected chi connectivity index (χ2v) is 5.01. The minimum atomic E-state index is -1.31. The Kier molecular flexibility index (Phi) is 5.60. The van der Waals surface area contributed by atoms with E-state index in [1.165, 1.54) is 25.3 Å². The fraction of sp³-hybridized carbons (Fsp3) is 0.118. The number of rotatable bonds is 6. The lowest BCUT2D eigenvalue weighted by atomic mass is 10.2. The number of hydrogen-bond donors (Lipinski definition) is 0. The molecule has 0 radical (unpaired) electrons. The van der Waals surface area contributed by atoms with E-state index in [0.29, 0.717) is 17.1 Å². The van der Waals surface area contributed by atoms with Crippen LogP contribution in [0.2, 0.25) is 5.02 Å². The van der Waals surface area contributed by atoms with Gasteiger partial charge in [0.2, 0.25) is 0 Å². The van der Waals surface area contributed by atoms with Crippen LogP contribution in [-0.4, -0.2) is 13.1 Å². The molecule has 0 aliphatic heterocycles. The Balaban J connectivity index is 2.20. The standard InChI is InChI=1S/C17H14ClFO4/c1-22-15-9-12(4-7-16(20)21)8-14(18)17(15)23-10-11-2-5-13(19)6-3-11/h2-9H,10H2,1H3,(H,20,21)/p-1/b7-4+. The van der Waals surface area contributed by atoms with Crippen molar-refractivity contribution in [2.45, 2.75) is 6.61 Å². The number of aliphatic carboxylic acids is 1. The number of carbonyl (C=O) groups excluding carboxylic acids is 1. The van der Waals surface area contributed by atoms with E-state index in [-0.39, 0.29) is 17.4 Å². The van der Waals surface area contributed by atoms with E-state index in [1.54, 1.807) is 24.3 Å². The van der Waals surface area contributed by atoms with Gasteiger partial charge in [-0.25, -0.2) is 4.39 Å². The third-order valence-corrected chi connectivity index (χ3v) is 3.24. The summed E-state index contributed by atoms with van der Waals surface area (Å²) in [7, 11) is 1.45. The molecule has 0 spiro atoms. The Bertz CT molecular complexity index is 726. The van der Waals surface area contributed by atoms with Gasteiger partial charge in [-0.3, -0.25) is 0 Å². The molecule has 120 valence electrons. The number of carboxylic acid groups (broad SMARTS) is 1. The summed E-state index contributed by atoms with van der Waals surface area (Å²) < 4.78 is 23.7. The van der Waals surface area contributed by atoms with Gasteiger partial charge < -0.3 is 19.4 Å². The zero-order valence-corrected chi connectivity index (χ0v) is 13.0. The average molecular weight is 336 g/mol. The van der Waals surface area contributed by atoms with Crippen molar-refractivity contribution >= 4 is 23.6 Å². The SMILES string of the molecule is COc1cc(/C=C/C(=O)[O-])cc(Cl)c1OCc1ccc(F)cc1. The molecule has 2 rings (SSSR count). The first-order valence-corrected chi connectivity index (χ1v) is 7.01. The van der Waals surface area contributed by atoms with Gasteiger partial charge in [-0.2, -0.15) is 0 Å². The number of carboxylic acids is 1. The van der Waals surface area contributed by atoms with Crippen molar-refractivity contribution in [1.29, 1.82) is 0 Å². The first kappa shape index (κ1) is 16.8. The van der Waals surface area contributed by atoms with Gasteiger partial charge in [0.15, 0.2) is 11.5 Å². The zero-order chi connectivity index (χ0) is 16.8. The van der Waals surface area contributed by atoms with Crippen molar-refractivity contribution in [2.24, 2.45) is 0 Å². The minimum Gasteiger partial charge on any atom is -0.545 e. The predicted octanol–water partition coefficient (Wildman–Crippen LogP) is 2.83. The van der Waals surface area contributed by atoms with Gasteiger partial charge in [0, 0.05) is 0 Å². The first-order valence-electron chi connectivity index (χ1n) is 6.63.